The van der Waals surface area contributed by atoms with Gasteiger partial charge in [-0.25, -0.2) is 4.79 Å². The van der Waals surface area contributed by atoms with Crippen LogP contribution in [-0.4, -0.2) is 39.0 Å². The number of alkyl halides is 3. The van der Waals surface area contributed by atoms with Crippen LogP contribution in [0, 0.1) is 5.92 Å². The number of urea groups is 1. The first-order chi connectivity index (χ1) is 12.2. The highest BCUT2D eigenvalue weighted by atomic mass is 19.4. The van der Waals surface area contributed by atoms with Gasteiger partial charge in [-0.3, -0.25) is 4.79 Å². The average molecular weight is 374 g/mol. The van der Waals surface area contributed by atoms with Crippen LogP contribution in [0.15, 0.2) is 30.5 Å². The second-order valence-corrected chi connectivity index (χ2v) is 5.42. The summed E-state index contributed by atoms with van der Waals surface area (Å²) in [5.41, 5.74) is 0.341. The van der Waals surface area contributed by atoms with Gasteiger partial charge < -0.3 is 24.8 Å². The predicted octanol–water partition coefficient (Wildman–Crippen LogP) is 2.29. The molecule has 1 aliphatic rings. The zero-order chi connectivity index (χ0) is 19.5. The molecule has 1 aromatic rings. The predicted molar refractivity (Wildman–Crippen MR) is 83.6 cm³/mol. The summed E-state index contributed by atoms with van der Waals surface area (Å²) in [5, 5.41) is 4.77. The fraction of sp³-hybridized carbons (Fsp3) is 0.375. The lowest BCUT2D eigenvalue weighted by Crippen LogP contribution is -2.51. The Hall–Kier alpha value is -2.91. The quantitative estimate of drug-likeness (QED) is 0.773. The number of hydrogen-bond donors (Lipinski definition) is 2. The Morgan fingerprint density at radius 1 is 1.23 bits per heavy atom. The minimum Gasteiger partial charge on any atom is -0.493 e. The summed E-state index contributed by atoms with van der Waals surface area (Å²) in [5.74, 6) is -1.69. The second-order valence-electron chi connectivity index (χ2n) is 5.42. The van der Waals surface area contributed by atoms with E-state index in [-0.39, 0.29) is 5.70 Å². The lowest BCUT2D eigenvalue weighted by molar-refractivity contribution is -0.189. The third-order valence-electron chi connectivity index (χ3n) is 3.67. The van der Waals surface area contributed by atoms with Gasteiger partial charge in [0.05, 0.1) is 20.3 Å². The molecule has 0 radical (unpaired) electrons. The van der Waals surface area contributed by atoms with Crippen LogP contribution in [0.3, 0.4) is 0 Å². The molecule has 142 valence electrons. The van der Waals surface area contributed by atoms with Crippen LogP contribution in [0.4, 0.5) is 18.0 Å². The second kappa shape index (κ2) is 7.54. The largest absolute Gasteiger partial charge is 0.493 e. The molecule has 1 aromatic carbocycles. The summed E-state index contributed by atoms with van der Waals surface area (Å²) < 4.78 is 51.6. The first-order valence-corrected chi connectivity index (χ1v) is 7.38. The zero-order valence-electron chi connectivity index (χ0n) is 14.0. The van der Waals surface area contributed by atoms with Crippen molar-refractivity contribution < 1.29 is 37.0 Å². The van der Waals surface area contributed by atoms with Crippen LogP contribution in [0.5, 0.6) is 11.5 Å². The van der Waals surface area contributed by atoms with Gasteiger partial charge in [0.15, 0.2) is 18.1 Å². The molecule has 1 aliphatic heterocycles. The van der Waals surface area contributed by atoms with Crippen molar-refractivity contribution in [1.82, 2.24) is 10.6 Å². The Labute approximate surface area is 147 Å². The molecule has 0 aliphatic carbocycles. The number of carbonyl (C=O) groups is 2. The van der Waals surface area contributed by atoms with Gasteiger partial charge in [0.1, 0.15) is 5.92 Å². The lowest BCUT2D eigenvalue weighted by atomic mass is 9.89. The number of benzene rings is 1. The van der Waals surface area contributed by atoms with E-state index in [1.54, 1.807) is 12.1 Å². The molecule has 1 saturated heterocycles. The van der Waals surface area contributed by atoms with Crippen molar-refractivity contribution in [2.75, 3.05) is 20.8 Å². The molecule has 2 unspecified atom stereocenters. The van der Waals surface area contributed by atoms with Crippen molar-refractivity contribution in [3.8, 4) is 11.5 Å². The number of amides is 2. The first kappa shape index (κ1) is 19.4. The fourth-order valence-corrected chi connectivity index (χ4v) is 2.53. The summed E-state index contributed by atoms with van der Waals surface area (Å²) in [4.78, 5) is 23.9. The van der Waals surface area contributed by atoms with Crippen LogP contribution in [0.1, 0.15) is 11.6 Å². The molecule has 1 heterocycles. The van der Waals surface area contributed by atoms with Gasteiger partial charge in [-0.2, -0.15) is 13.2 Å². The van der Waals surface area contributed by atoms with Crippen molar-refractivity contribution in [1.29, 1.82) is 0 Å². The average Bonchev–Trinajstić information content (AvgIpc) is 2.57. The van der Waals surface area contributed by atoms with Gasteiger partial charge in [-0.1, -0.05) is 12.6 Å². The summed E-state index contributed by atoms with van der Waals surface area (Å²) in [7, 11) is 2.83. The van der Waals surface area contributed by atoms with Crippen molar-refractivity contribution in [3.63, 3.8) is 0 Å². The van der Waals surface area contributed by atoms with Crippen LogP contribution in [0.25, 0.3) is 0 Å². The first-order valence-electron chi connectivity index (χ1n) is 7.38. The van der Waals surface area contributed by atoms with Crippen LogP contribution in [0.2, 0.25) is 0 Å². The molecule has 2 N–H and O–H groups in total. The Bertz CT molecular complexity index is 720. The van der Waals surface area contributed by atoms with Crippen molar-refractivity contribution in [3.05, 3.63) is 36.0 Å². The number of ether oxygens (including phenoxy) is 3. The number of nitrogens with one attached hydrogen (secondary N) is 2. The molecule has 7 nitrogen and oxygen atoms in total. The number of halogens is 3. The van der Waals surface area contributed by atoms with Crippen molar-refractivity contribution in [2.24, 2.45) is 5.92 Å². The Morgan fingerprint density at radius 2 is 1.88 bits per heavy atom. The van der Waals surface area contributed by atoms with E-state index in [9.17, 15) is 22.8 Å². The minimum atomic E-state index is -4.67. The highest BCUT2D eigenvalue weighted by Gasteiger charge is 2.41. The van der Waals surface area contributed by atoms with E-state index in [0.717, 1.165) is 0 Å². The number of hydrogen-bond acceptors (Lipinski definition) is 5. The van der Waals surface area contributed by atoms with Crippen molar-refractivity contribution >= 4 is 12.0 Å². The van der Waals surface area contributed by atoms with Crippen LogP contribution in [-0.2, 0) is 9.53 Å². The molecule has 0 aromatic heterocycles. The number of methoxy groups -OCH3 is 2. The SMILES string of the molecule is C=C1NC(=O)NC(c2ccc(OC)c(OC)c2)C1C(=O)OCC(F)(F)F. The molecular formula is C16H17F3N2O5. The molecule has 2 rings (SSSR count). The van der Waals surface area contributed by atoms with E-state index in [1.165, 1.54) is 20.3 Å². The third-order valence-corrected chi connectivity index (χ3v) is 3.67. The van der Waals surface area contributed by atoms with E-state index in [2.05, 4.69) is 21.9 Å². The third kappa shape index (κ3) is 4.38. The fourth-order valence-electron chi connectivity index (χ4n) is 2.53. The van der Waals surface area contributed by atoms with Gasteiger partial charge in [-0.15, -0.1) is 0 Å². The lowest BCUT2D eigenvalue weighted by Gasteiger charge is -2.33. The Kier molecular flexibility index (Phi) is 5.63. The maximum atomic E-state index is 12.3. The van der Waals surface area contributed by atoms with E-state index in [4.69, 9.17) is 9.47 Å². The van der Waals surface area contributed by atoms with Crippen molar-refractivity contribution in [2.45, 2.75) is 12.2 Å². The minimum absolute atomic E-state index is 0.0688. The molecule has 10 heteroatoms. The van der Waals surface area contributed by atoms with Gasteiger partial charge >= 0.3 is 18.2 Å². The number of esters is 1. The maximum absolute atomic E-state index is 12.3. The molecule has 2 amide bonds. The highest BCUT2D eigenvalue weighted by molar-refractivity contribution is 5.85. The normalized spacial score (nSPS) is 20.0. The van der Waals surface area contributed by atoms with Gasteiger partial charge in [0.2, 0.25) is 0 Å². The molecule has 1 fully saturated rings. The molecular weight excluding hydrogens is 357 g/mol. The number of rotatable bonds is 5. The van der Waals surface area contributed by atoms with E-state index in [1.807, 2.05) is 0 Å². The smallest absolute Gasteiger partial charge is 0.422 e. The van der Waals surface area contributed by atoms with E-state index >= 15 is 0 Å². The van der Waals surface area contributed by atoms with Gasteiger partial charge in [0.25, 0.3) is 0 Å². The molecule has 26 heavy (non-hydrogen) atoms. The van der Waals surface area contributed by atoms with Crippen LogP contribution >= 0.6 is 0 Å². The monoisotopic (exact) mass is 374 g/mol. The Morgan fingerprint density at radius 3 is 2.46 bits per heavy atom. The molecule has 2 atom stereocenters. The molecule has 0 bridgehead atoms. The topological polar surface area (TPSA) is 85.9 Å². The molecule has 0 saturated carbocycles. The van der Waals surface area contributed by atoms with Gasteiger partial charge in [0, 0.05) is 5.70 Å². The summed E-state index contributed by atoms with van der Waals surface area (Å²) in [6, 6.07) is 2.97. The maximum Gasteiger partial charge on any atom is 0.422 e. The summed E-state index contributed by atoms with van der Waals surface area (Å²) in [6.07, 6.45) is -4.67. The van der Waals surface area contributed by atoms with Gasteiger partial charge in [-0.05, 0) is 17.7 Å². The molecule has 0 spiro atoms. The zero-order valence-corrected chi connectivity index (χ0v) is 14.0. The van der Waals surface area contributed by atoms with E-state index in [0.29, 0.717) is 17.1 Å². The standard InChI is InChI=1S/C16H17F3N2O5/c1-8-12(14(22)26-7-16(17,18)19)13(21-15(23)20-8)9-4-5-10(24-2)11(6-9)25-3/h4-6,12-13H,1,7H2,2-3H3,(H2,20,21,23). The summed E-state index contributed by atoms with van der Waals surface area (Å²) in [6.45, 7) is 1.82. The number of carbonyl (C=O) groups excluding carboxylic acids is 2. The Balaban J connectivity index is 2.34. The summed E-state index contributed by atoms with van der Waals surface area (Å²) >= 11 is 0. The van der Waals surface area contributed by atoms with Crippen LogP contribution < -0.4 is 20.1 Å². The highest BCUT2D eigenvalue weighted by Crippen LogP contribution is 2.36. The van der Waals surface area contributed by atoms with E-state index < -0.39 is 36.7 Å².